The molecule has 5 nitrogen and oxygen atoms in total. The molecule has 0 radical (unpaired) electrons. The van der Waals surface area contributed by atoms with Crippen LogP contribution in [-0.2, 0) is 9.84 Å². The van der Waals surface area contributed by atoms with Gasteiger partial charge in [-0.3, -0.25) is 4.98 Å². The van der Waals surface area contributed by atoms with Crippen molar-refractivity contribution in [2.45, 2.75) is 12.5 Å². The summed E-state index contributed by atoms with van der Waals surface area (Å²) in [5.41, 5.74) is 0.603. The summed E-state index contributed by atoms with van der Waals surface area (Å²) in [7, 11) is -1.45. The molecule has 1 aromatic heterocycles. The van der Waals surface area contributed by atoms with Gasteiger partial charge in [0.05, 0.1) is 30.9 Å². The van der Waals surface area contributed by atoms with Gasteiger partial charge in [0.25, 0.3) is 0 Å². The normalized spacial score (nSPS) is 24.5. The van der Waals surface area contributed by atoms with Crippen LogP contribution in [0.25, 0.3) is 0 Å². The fraction of sp³-hybridized carbons (Fsp3) is 0.545. The number of pyridine rings is 1. The first kappa shape index (κ1) is 12.3. The second kappa shape index (κ2) is 4.62. The number of methoxy groups -OCH3 is 1. The topological polar surface area (TPSA) is 76.5 Å². The van der Waals surface area contributed by atoms with E-state index in [4.69, 9.17) is 4.74 Å². The first-order valence-electron chi connectivity index (χ1n) is 5.39. The highest BCUT2D eigenvalue weighted by molar-refractivity contribution is 7.91. The van der Waals surface area contributed by atoms with Crippen molar-refractivity contribution in [3.63, 3.8) is 0 Å². The molecule has 1 N–H and O–H groups in total. The van der Waals surface area contributed by atoms with E-state index in [2.05, 4.69) is 4.98 Å². The van der Waals surface area contributed by atoms with Gasteiger partial charge in [0.2, 0.25) is 0 Å². The predicted molar refractivity (Wildman–Crippen MR) is 62.5 cm³/mol. The van der Waals surface area contributed by atoms with Gasteiger partial charge < -0.3 is 9.84 Å². The van der Waals surface area contributed by atoms with E-state index in [1.54, 1.807) is 12.3 Å². The number of aliphatic hydroxyl groups excluding tert-OH is 1. The number of sulfone groups is 1. The molecule has 6 heteroatoms. The molecule has 2 unspecified atom stereocenters. The Morgan fingerprint density at radius 3 is 2.88 bits per heavy atom. The second-order valence-corrected chi connectivity index (χ2v) is 6.49. The molecule has 94 valence electrons. The molecule has 1 aliphatic rings. The summed E-state index contributed by atoms with van der Waals surface area (Å²) in [6, 6.07) is 1.68. The van der Waals surface area contributed by atoms with E-state index in [0.29, 0.717) is 17.7 Å². The van der Waals surface area contributed by atoms with Crippen LogP contribution in [0.15, 0.2) is 18.5 Å². The van der Waals surface area contributed by atoms with Crippen molar-refractivity contribution < 1.29 is 18.3 Å². The van der Waals surface area contributed by atoms with Crippen LogP contribution < -0.4 is 4.74 Å². The Labute approximate surface area is 100 Å². The minimum absolute atomic E-state index is 0.0470. The van der Waals surface area contributed by atoms with Gasteiger partial charge in [0.15, 0.2) is 9.84 Å². The zero-order chi connectivity index (χ0) is 12.5. The molecular formula is C11H15NO4S. The summed E-state index contributed by atoms with van der Waals surface area (Å²) in [6.07, 6.45) is 2.79. The van der Waals surface area contributed by atoms with Crippen LogP contribution in [0.2, 0.25) is 0 Å². The van der Waals surface area contributed by atoms with Gasteiger partial charge in [0.1, 0.15) is 5.75 Å². The van der Waals surface area contributed by atoms with Gasteiger partial charge in [-0.15, -0.1) is 0 Å². The van der Waals surface area contributed by atoms with E-state index in [1.165, 1.54) is 13.3 Å². The zero-order valence-electron chi connectivity index (χ0n) is 9.54. The van der Waals surface area contributed by atoms with Crippen LogP contribution in [-0.4, -0.2) is 37.1 Å². The molecule has 1 saturated heterocycles. The van der Waals surface area contributed by atoms with Crippen molar-refractivity contribution in [2.24, 2.45) is 5.92 Å². The Morgan fingerprint density at radius 2 is 2.29 bits per heavy atom. The quantitative estimate of drug-likeness (QED) is 0.856. The zero-order valence-corrected chi connectivity index (χ0v) is 10.4. The minimum Gasteiger partial charge on any atom is -0.495 e. The van der Waals surface area contributed by atoms with Crippen LogP contribution in [0.5, 0.6) is 5.75 Å². The fourth-order valence-corrected chi connectivity index (χ4v) is 3.88. The van der Waals surface area contributed by atoms with E-state index >= 15 is 0 Å². The highest BCUT2D eigenvalue weighted by atomic mass is 32.2. The van der Waals surface area contributed by atoms with E-state index < -0.39 is 15.9 Å². The lowest BCUT2D eigenvalue weighted by molar-refractivity contribution is 0.120. The predicted octanol–water partition coefficient (Wildman–Crippen LogP) is 0.558. The molecular weight excluding hydrogens is 242 g/mol. The van der Waals surface area contributed by atoms with Crippen molar-refractivity contribution in [1.82, 2.24) is 4.98 Å². The Kier molecular flexibility index (Phi) is 3.35. The van der Waals surface area contributed by atoms with Gasteiger partial charge in [-0.2, -0.15) is 0 Å². The molecule has 0 spiro atoms. The maximum absolute atomic E-state index is 11.3. The number of aliphatic hydroxyl groups is 1. The molecule has 1 fully saturated rings. The van der Waals surface area contributed by atoms with Crippen molar-refractivity contribution in [2.75, 3.05) is 18.6 Å². The minimum atomic E-state index is -2.98. The third-order valence-electron chi connectivity index (χ3n) is 3.03. The highest BCUT2D eigenvalue weighted by Gasteiger charge is 2.33. The average Bonchev–Trinajstić information content (AvgIpc) is 2.69. The van der Waals surface area contributed by atoms with Gasteiger partial charge in [0, 0.05) is 17.7 Å². The second-order valence-electron chi connectivity index (χ2n) is 4.27. The first-order valence-corrected chi connectivity index (χ1v) is 7.21. The summed E-state index contributed by atoms with van der Waals surface area (Å²) in [5, 5.41) is 10.1. The molecule has 0 aromatic carbocycles. The molecule has 2 atom stereocenters. The molecule has 0 saturated carbocycles. The highest BCUT2D eigenvalue weighted by Crippen LogP contribution is 2.31. The van der Waals surface area contributed by atoms with Crippen molar-refractivity contribution in [1.29, 1.82) is 0 Å². The standard InChI is InChI=1S/C11H15NO4S/c1-16-10-4-9(5-12-6-10)11(13)8-2-3-17(14,15)7-8/h4-6,8,11,13H,2-3,7H2,1H3. The number of hydrogen-bond acceptors (Lipinski definition) is 5. The summed E-state index contributed by atoms with van der Waals surface area (Å²) >= 11 is 0. The molecule has 0 amide bonds. The Balaban J connectivity index is 2.17. The number of nitrogens with zero attached hydrogens (tertiary/aromatic N) is 1. The van der Waals surface area contributed by atoms with Crippen LogP contribution >= 0.6 is 0 Å². The molecule has 2 rings (SSSR count). The van der Waals surface area contributed by atoms with Gasteiger partial charge in [-0.25, -0.2) is 8.42 Å². The van der Waals surface area contributed by atoms with E-state index in [-0.39, 0.29) is 17.4 Å². The average molecular weight is 257 g/mol. The van der Waals surface area contributed by atoms with Crippen LogP contribution in [0, 0.1) is 5.92 Å². The third-order valence-corrected chi connectivity index (χ3v) is 4.82. The first-order chi connectivity index (χ1) is 8.02. The van der Waals surface area contributed by atoms with Gasteiger partial charge in [-0.05, 0) is 12.5 Å². The third kappa shape index (κ3) is 2.76. The summed E-state index contributed by atoms with van der Waals surface area (Å²) < 4.78 is 27.7. The van der Waals surface area contributed by atoms with E-state index in [9.17, 15) is 13.5 Å². The van der Waals surface area contributed by atoms with E-state index in [0.717, 1.165) is 0 Å². The van der Waals surface area contributed by atoms with Crippen LogP contribution in [0.3, 0.4) is 0 Å². The maximum atomic E-state index is 11.3. The fourth-order valence-electron chi connectivity index (χ4n) is 2.05. The molecule has 0 aliphatic carbocycles. The SMILES string of the molecule is COc1cncc(C(O)C2CCS(=O)(=O)C2)c1. The summed E-state index contributed by atoms with van der Waals surface area (Å²) in [6.45, 7) is 0. The lowest BCUT2D eigenvalue weighted by Gasteiger charge is -2.16. The molecule has 1 aromatic rings. The Bertz CT molecular complexity index is 500. The number of hydrogen-bond donors (Lipinski definition) is 1. The Morgan fingerprint density at radius 1 is 1.53 bits per heavy atom. The lowest BCUT2D eigenvalue weighted by atomic mass is 9.96. The monoisotopic (exact) mass is 257 g/mol. The number of ether oxygens (including phenoxy) is 1. The molecule has 1 aliphatic heterocycles. The van der Waals surface area contributed by atoms with Crippen molar-refractivity contribution in [3.8, 4) is 5.75 Å². The number of rotatable bonds is 3. The lowest BCUT2D eigenvalue weighted by Crippen LogP contribution is -2.14. The van der Waals surface area contributed by atoms with Crippen LogP contribution in [0.1, 0.15) is 18.1 Å². The van der Waals surface area contributed by atoms with Gasteiger partial charge >= 0.3 is 0 Å². The molecule has 0 bridgehead atoms. The Hall–Kier alpha value is -1.14. The smallest absolute Gasteiger partial charge is 0.150 e. The van der Waals surface area contributed by atoms with Crippen molar-refractivity contribution in [3.05, 3.63) is 24.0 Å². The summed E-state index contributed by atoms with van der Waals surface area (Å²) in [5.74, 6) is 0.522. The largest absolute Gasteiger partial charge is 0.495 e. The van der Waals surface area contributed by atoms with Crippen molar-refractivity contribution >= 4 is 9.84 Å². The maximum Gasteiger partial charge on any atom is 0.150 e. The summed E-state index contributed by atoms with van der Waals surface area (Å²) in [4.78, 5) is 3.95. The number of aromatic nitrogens is 1. The molecule has 2 heterocycles. The van der Waals surface area contributed by atoms with Crippen LogP contribution in [0.4, 0.5) is 0 Å². The molecule has 17 heavy (non-hydrogen) atoms. The van der Waals surface area contributed by atoms with Gasteiger partial charge in [-0.1, -0.05) is 0 Å². The van der Waals surface area contributed by atoms with E-state index in [1.807, 2.05) is 0 Å².